The Balaban J connectivity index is 1.31. The van der Waals surface area contributed by atoms with E-state index in [0.29, 0.717) is 13.2 Å². The molecule has 182 valence electrons. The Morgan fingerprint density at radius 3 is 2.68 bits per heavy atom. The molecule has 1 aromatic heterocycles. The Morgan fingerprint density at radius 2 is 1.94 bits per heavy atom. The number of thioether (sulfide) groups is 1. The van der Waals surface area contributed by atoms with E-state index in [2.05, 4.69) is 48.3 Å². The van der Waals surface area contributed by atoms with Crippen LogP contribution in [0.3, 0.4) is 0 Å². The highest BCUT2D eigenvalue weighted by atomic mass is 35.5. The van der Waals surface area contributed by atoms with Crippen LogP contribution < -0.4 is 4.74 Å². The van der Waals surface area contributed by atoms with E-state index in [9.17, 15) is 0 Å². The molecule has 0 N–H and O–H groups in total. The Morgan fingerprint density at radius 1 is 1.15 bits per heavy atom. The Hall–Kier alpha value is -1.99. The lowest BCUT2D eigenvalue weighted by atomic mass is 10.0. The fourth-order valence-corrected chi connectivity index (χ4v) is 5.06. The normalized spacial score (nSPS) is 20.0. The van der Waals surface area contributed by atoms with Gasteiger partial charge in [-0.1, -0.05) is 49.2 Å². The van der Waals surface area contributed by atoms with Crippen molar-refractivity contribution in [2.24, 2.45) is 0 Å². The topological polar surface area (TPSA) is 45.5 Å². The first kappa shape index (κ1) is 25.1. The van der Waals surface area contributed by atoms with E-state index in [0.717, 1.165) is 54.6 Å². The first-order valence-corrected chi connectivity index (χ1v) is 13.5. The summed E-state index contributed by atoms with van der Waals surface area (Å²) < 4.78 is 20.7. The molecule has 0 saturated carbocycles. The third-order valence-corrected chi connectivity index (χ3v) is 7.26. The van der Waals surface area contributed by atoms with Crippen LogP contribution in [-0.4, -0.2) is 40.4 Å². The number of nitrogens with zero attached hydrogens (tertiary/aromatic N) is 2. The van der Waals surface area contributed by atoms with Crippen LogP contribution in [0.5, 0.6) is 5.75 Å². The molecule has 5 nitrogen and oxygen atoms in total. The van der Waals surface area contributed by atoms with Crippen LogP contribution in [0, 0.1) is 0 Å². The van der Waals surface area contributed by atoms with E-state index in [1.807, 2.05) is 41.0 Å². The molecule has 0 bridgehead atoms. The molecule has 2 aromatic carbocycles. The predicted octanol–water partition coefficient (Wildman–Crippen LogP) is 6.39. The third kappa shape index (κ3) is 7.51. The van der Waals surface area contributed by atoms with Gasteiger partial charge in [0, 0.05) is 35.3 Å². The molecule has 1 saturated heterocycles. The number of hydrogen-bond donors (Lipinski definition) is 0. The fourth-order valence-electron chi connectivity index (χ4n) is 3.96. The van der Waals surface area contributed by atoms with E-state index in [4.69, 9.17) is 25.8 Å². The summed E-state index contributed by atoms with van der Waals surface area (Å²) in [5.74, 6) is 2.09. The minimum atomic E-state index is -0.650. The summed E-state index contributed by atoms with van der Waals surface area (Å²) in [6.45, 7) is 4.17. The van der Waals surface area contributed by atoms with Crippen LogP contribution in [-0.2, 0) is 28.2 Å². The van der Waals surface area contributed by atoms with Crippen LogP contribution in [0.1, 0.15) is 37.3 Å². The number of imidazole rings is 1. The number of halogens is 1. The summed E-state index contributed by atoms with van der Waals surface area (Å²) in [6.07, 6.45) is 9.49. The molecule has 0 radical (unpaired) electrons. The van der Waals surface area contributed by atoms with E-state index >= 15 is 0 Å². The van der Waals surface area contributed by atoms with Crippen molar-refractivity contribution < 1.29 is 14.2 Å². The Kier molecular flexibility index (Phi) is 9.33. The highest BCUT2D eigenvalue weighted by molar-refractivity contribution is 7.98. The molecule has 7 heteroatoms. The molecule has 34 heavy (non-hydrogen) atoms. The van der Waals surface area contributed by atoms with Crippen molar-refractivity contribution in [3.8, 4) is 5.75 Å². The molecular formula is C27H33ClN2O3S. The highest BCUT2D eigenvalue weighted by Crippen LogP contribution is 2.33. The van der Waals surface area contributed by atoms with E-state index in [-0.39, 0.29) is 6.10 Å². The van der Waals surface area contributed by atoms with Crippen molar-refractivity contribution in [3.05, 3.63) is 83.4 Å². The van der Waals surface area contributed by atoms with Gasteiger partial charge in [-0.25, -0.2) is 4.98 Å². The van der Waals surface area contributed by atoms with Crippen LogP contribution in [0.2, 0.25) is 5.02 Å². The minimum absolute atomic E-state index is 0.0650. The standard InChI is InChI=1S/C27H33ClN2O3S/c1-2-3-16-31-25-10-6-22(7-11-25)12-13-27(20-30-15-14-29-21-30)32-17-26(33-27)19-34-18-23-4-8-24(28)9-5-23/h4-11,14-15,21,26H,2-3,12-13,16-20H2,1H3. The minimum Gasteiger partial charge on any atom is -0.494 e. The molecule has 0 spiro atoms. The van der Waals surface area contributed by atoms with Gasteiger partial charge in [-0.3, -0.25) is 0 Å². The van der Waals surface area contributed by atoms with Gasteiger partial charge in [0.05, 0.1) is 32.2 Å². The van der Waals surface area contributed by atoms with Gasteiger partial charge >= 0.3 is 0 Å². The quantitative estimate of drug-likeness (QED) is 0.254. The molecule has 1 aliphatic heterocycles. The Labute approximate surface area is 211 Å². The largest absolute Gasteiger partial charge is 0.494 e. The summed E-state index contributed by atoms with van der Waals surface area (Å²) in [7, 11) is 0. The van der Waals surface area contributed by atoms with Gasteiger partial charge in [0.25, 0.3) is 0 Å². The number of aromatic nitrogens is 2. The van der Waals surface area contributed by atoms with Gasteiger partial charge in [0.15, 0.2) is 5.79 Å². The second-order valence-electron chi connectivity index (χ2n) is 8.68. The van der Waals surface area contributed by atoms with E-state index in [1.54, 1.807) is 6.20 Å². The monoisotopic (exact) mass is 500 g/mol. The van der Waals surface area contributed by atoms with Gasteiger partial charge in [-0.05, 0) is 48.2 Å². The maximum absolute atomic E-state index is 6.55. The van der Waals surface area contributed by atoms with Gasteiger partial charge in [0.1, 0.15) is 5.75 Å². The third-order valence-electron chi connectivity index (χ3n) is 5.87. The zero-order valence-electron chi connectivity index (χ0n) is 19.7. The summed E-state index contributed by atoms with van der Waals surface area (Å²) >= 11 is 7.85. The molecule has 1 aliphatic rings. The number of benzene rings is 2. The summed E-state index contributed by atoms with van der Waals surface area (Å²) in [5, 5.41) is 0.768. The molecule has 3 aromatic rings. The summed E-state index contributed by atoms with van der Waals surface area (Å²) in [6, 6.07) is 16.4. The average molecular weight is 501 g/mol. The molecule has 2 atom stereocenters. The molecule has 1 fully saturated rings. The predicted molar refractivity (Wildman–Crippen MR) is 139 cm³/mol. The first-order chi connectivity index (χ1) is 16.6. The number of hydrogen-bond acceptors (Lipinski definition) is 5. The molecule has 0 aliphatic carbocycles. The fraction of sp³-hybridized carbons (Fsp3) is 0.444. The van der Waals surface area contributed by atoms with Gasteiger partial charge in [-0.15, -0.1) is 0 Å². The van der Waals surface area contributed by atoms with Crippen LogP contribution in [0.15, 0.2) is 67.3 Å². The molecule has 2 unspecified atom stereocenters. The van der Waals surface area contributed by atoms with Crippen molar-refractivity contribution >= 4 is 23.4 Å². The van der Waals surface area contributed by atoms with Crippen molar-refractivity contribution in [1.82, 2.24) is 9.55 Å². The molecule has 2 heterocycles. The van der Waals surface area contributed by atoms with Crippen molar-refractivity contribution in [3.63, 3.8) is 0 Å². The number of unbranched alkanes of at least 4 members (excludes halogenated alkanes) is 1. The first-order valence-electron chi connectivity index (χ1n) is 12.0. The maximum atomic E-state index is 6.55. The number of ether oxygens (including phenoxy) is 3. The maximum Gasteiger partial charge on any atom is 0.187 e. The van der Waals surface area contributed by atoms with Crippen molar-refractivity contribution in [2.75, 3.05) is 19.0 Å². The average Bonchev–Trinajstić information content (AvgIpc) is 3.51. The zero-order valence-corrected chi connectivity index (χ0v) is 21.3. The van der Waals surface area contributed by atoms with Crippen LogP contribution >= 0.6 is 23.4 Å². The SMILES string of the molecule is CCCCOc1ccc(CCC2(Cn3ccnc3)OCC(CSCc3ccc(Cl)cc3)O2)cc1. The molecular weight excluding hydrogens is 468 g/mol. The van der Waals surface area contributed by atoms with Crippen molar-refractivity contribution in [1.29, 1.82) is 0 Å². The van der Waals surface area contributed by atoms with Gasteiger partial charge in [-0.2, -0.15) is 11.8 Å². The highest BCUT2D eigenvalue weighted by Gasteiger charge is 2.41. The molecule has 4 rings (SSSR count). The lowest BCUT2D eigenvalue weighted by molar-refractivity contribution is -0.180. The smallest absolute Gasteiger partial charge is 0.187 e. The van der Waals surface area contributed by atoms with Crippen molar-refractivity contribution in [2.45, 2.75) is 56.8 Å². The second-order valence-corrected chi connectivity index (χ2v) is 10.2. The number of aryl methyl sites for hydroxylation is 1. The van der Waals surface area contributed by atoms with E-state index in [1.165, 1.54) is 11.1 Å². The Bertz CT molecular complexity index is 982. The summed E-state index contributed by atoms with van der Waals surface area (Å²) in [4.78, 5) is 4.19. The summed E-state index contributed by atoms with van der Waals surface area (Å²) in [5.41, 5.74) is 2.51. The molecule has 0 amide bonds. The zero-order chi connectivity index (χ0) is 23.6. The van der Waals surface area contributed by atoms with Crippen LogP contribution in [0.4, 0.5) is 0 Å². The lowest BCUT2D eigenvalue weighted by Crippen LogP contribution is -2.37. The number of rotatable bonds is 13. The van der Waals surface area contributed by atoms with Crippen LogP contribution in [0.25, 0.3) is 0 Å². The lowest BCUT2D eigenvalue weighted by Gasteiger charge is -2.28. The van der Waals surface area contributed by atoms with Gasteiger partial charge in [0.2, 0.25) is 0 Å². The second kappa shape index (κ2) is 12.6. The van der Waals surface area contributed by atoms with E-state index < -0.39 is 5.79 Å². The van der Waals surface area contributed by atoms with Gasteiger partial charge < -0.3 is 18.8 Å².